The molecule has 0 radical (unpaired) electrons. The van der Waals surface area contributed by atoms with Crippen LogP contribution in [0, 0.1) is 5.92 Å². The summed E-state index contributed by atoms with van der Waals surface area (Å²) < 4.78 is 11.3. The molecule has 1 N–H and O–H groups in total. The van der Waals surface area contributed by atoms with E-state index in [4.69, 9.17) is 9.47 Å². The zero-order valence-electron chi connectivity index (χ0n) is 7.21. The summed E-state index contributed by atoms with van der Waals surface area (Å²) in [6.07, 6.45) is 5.04. The first-order valence-corrected chi connectivity index (χ1v) is 4.92. The number of hydrogen-bond acceptors (Lipinski definition) is 3. The van der Waals surface area contributed by atoms with Gasteiger partial charge < -0.3 is 9.47 Å². The van der Waals surface area contributed by atoms with Gasteiger partial charge in [0.05, 0.1) is 13.2 Å². The molecular weight excluding hydrogens is 154 g/mol. The maximum absolute atomic E-state index is 5.63. The van der Waals surface area contributed by atoms with Gasteiger partial charge in [0.1, 0.15) is 0 Å². The van der Waals surface area contributed by atoms with E-state index in [9.17, 15) is 0 Å². The highest BCUT2D eigenvalue weighted by molar-refractivity contribution is 4.93. The molecule has 1 spiro atoms. The van der Waals surface area contributed by atoms with E-state index in [1.807, 2.05) is 0 Å². The summed E-state index contributed by atoms with van der Waals surface area (Å²) in [6.45, 7) is 1.51. The second-order valence-electron chi connectivity index (χ2n) is 4.17. The van der Waals surface area contributed by atoms with Crippen LogP contribution in [0.25, 0.3) is 0 Å². The van der Waals surface area contributed by atoms with Crippen molar-refractivity contribution in [3.63, 3.8) is 0 Å². The van der Waals surface area contributed by atoms with Gasteiger partial charge in [-0.15, -0.1) is 0 Å². The lowest BCUT2D eigenvalue weighted by atomic mass is 9.97. The van der Waals surface area contributed by atoms with Crippen LogP contribution < -0.4 is 5.32 Å². The summed E-state index contributed by atoms with van der Waals surface area (Å²) in [5.41, 5.74) is 0. The Morgan fingerprint density at radius 2 is 2.00 bits per heavy atom. The molecule has 0 aromatic heterocycles. The highest BCUT2D eigenvalue weighted by Crippen LogP contribution is 2.40. The van der Waals surface area contributed by atoms with E-state index >= 15 is 0 Å². The van der Waals surface area contributed by atoms with Crippen molar-refractivity contribution in [3.05, 3.63) is 0 Å². The van der Waals surface area contributed by atoms with Gasteiger partial charge in [0.2, 0.25) is 5.91 Å². The lowest BCUT2D eigenvalue weighted by molar-refractivity contribution is -0.205. The first-order valence-electron chi connectivity index (χ1n) is 4.92. The zero-order valence-corrected chi connectivity index (χ0v) is 7.21. The van der Waals surface area contributed by atoms with Gasteiger partial charge in [0.25, 0.3) is 0 Å². The predicted molar refractivity (Wildman–Crippen MR) is 43.5 cm³/mol. The molecule has 3 fully saturated rings. The first-order chi connectivity index (χ1) is 5.86. The predicted octanol–water partition coefficient (Wildman–Crippen LogP) is 0.849. The summed E-state index contributed by atoms with van der Waals surface area (Å²) in [4.78, 5) is 0. The van der Waals surface area contributed by atoms with Gasteiger partial charge >= 0.3 is 0 Å². The molecule has 2 aliphatic heterocycles. The Hall–Kier alpha value is -0.120. The van der Waals surface area contributed by atoms with Crippen molar-refractivity contribution in [2.75, 3.05) is 13.2 Å². The van der Waals surface area contributed by atoms with Gasteiger partial charge in [-0.1, -0.05) is 0 Å². The lowest BCUT2D eigenvalue weighted by Crippen LogP contribution is -2.54. The van der Waals surface area contributed by atoms with Crippen molar-refractivity contribution in [1.82, 2.24) is 5.32 Å². The Balaban J connectivity index is 1.80. The molecule has 1 aliphatic carbocycles. The largest absolute Gasteiger partial charge is 0.335 e. The maximum atomic E-state index is 5.63. The minimum atomic E-state index is -0.371. The van der Waals surface area contributed by atoms with E-state index in [2.05, 4.69) is 5.32 Å². The van der Waals surface area contributed by atoms with E-state index in [0.29, 0.717) is 6.04 Å². The molecule has 2 atom stereocenters. The van der Waals surface area contributed by atoms with E-state index in [-0.39, 0.29) is 5.91 Å². The summed E-state index contributed by atoms with van der Waals surface area (Å²) in [5.74, 6) is 0.471. The Bertz CT molecular complexity index is 175. The summed E-state index contributed by atoms with van der Waals surface area (Å²) >= 11 is 0. The standard InChI is InChI=1S/C9H15NO2/c1-2-8-5-7(1)6-9(10-8)11-3-4-12-9/h7-8,10H,1-6H2. The van der Waals surface area contributed by atoms with Gasteiger partial charge in [-0.25, -0.2) is 0 Å². The molecule has 2 saturated heterocycles. The third-order valence-electron chi connectivity index (χ3n) is 3.28. The van der Waals surface area contributed by atoms with Crippen LogP contribution in [0.2, 0.25) is 0 Å². The van der Waals surface area contributed by atoms with E-state index in [1.165, 1.54) is 19.3 Å². The van der Waals surface area contributed by atoms with Crippen LogP contribution in [0.1, 0.15) is 25.7 Å². The topological polar surface area (TPSA) is 30.5 Å². The lowest BCUT2D eigenvalue weighted by Gasteiger charge is -2.36. The molecule has 12 heavy (non-hydrogen) atoms. The maximum Gasteiger partial charge on any atom is 0.228 e. The second kappa shape index (κ2) is 2.44. The Morgan fingerprint density at radius 3 is 2.75 bits per heavy atom. The van der Waals surface area contributed by atoms with Gasteiger partial charge in [-0.2, -0.15) is 0 Å². The third-order valence-corrected chi connectivity index (χ3v) is 3.28. The molecule has 3 heteroatoms. The first kappa shape index (κ1) is 7.30. The average Bonchev–Trinajstić information content (AvgIpc) is 2.60. The van der Waals surface area contributed by atoms with Crippen molar-refractivity contribution >= 4 is 0 Å². The minimum absolute atomic E-state index is 0.371. The Kier molecular flexibility index (Phi) is 1.48. The van der Waals surface area contributed by atoms with E-state index in [1.54, 1.807) is 0 Å². The number of nitrogens with one attached hydrogen (secondary N) is 1. The van der Waals surface area contributed by atoms with Crippen LogP contribution in [-0.2, 0) is 9.47 Å². The normalized spacial score (nSPS) is 44.0. The van der Waals surface area contributed by atoms with Crippen LogP contribution in [0.5, 0.6) is 0 Å². The molecular formula is C9H15NO2. The fourth-order valence-corrected chi connectivity index (χ4v) is 2.80. The van der Waals surface area contributed by atoms with Gasteiger partial charge in [0, 0.05) is 12.5 Å². The third kappa shape index (κ3) is 1.00. The number of fused-ring (bicyclic) bond motifs is 2. The van der Waals surface area contributed by atoms with Crippen LogP contribution in [0.4, 0.5) is 0 Å². The molecule has 0 aromatic carbocycles. The van der Waals surface area contributed by atoms with Crippen molar-refractivity contribution in [2.45, 2.75) is 37.6 Å². The van der Waals surface area contributed by atoms with Crippen LogP contribution in [-0.4, -0.2) is 25.2 Å². The van der Waals surface area contributed by atoms with Crippen molar-refractivity contribution in [3.8, 4) is 0 Å². The summed E-state index contributed by atoms with van der Waals surface area (Å²) in [7, 11) is 0. The smallest absolute Gasteiger partial charge is 0.228 e. The second-order valence-corrected chi connectivity index (χ2v) is 4.17. The molecule has 2 bridgehead atoms. The van der Waals surface area contributed by atoms with Crippen LogP contribution in [0.3, 0.4) is 0 Å². The number of ether oxygens (including phenoxy) is 2. The number of piperidine rings is 1. The molecule has 2 unspecified atom stereocenters. The van der Waals surface area contributed by atoms with Crippen molar-refractivity contribution in [1.29, 1.82) is 0 Å². The molecule has 1 saturated carbocycles. The molecule has 0 amide bonds. The Morgan fingerprint density at radius 1 is 1.17 bits per heavy atom. The van der Waals surface area contributed by atoms with E-state index < -0.39 is 0 Å². The molecule has 0 aromatic rings. The summed E-state index contributed by atoms with van der Waals surface area (Å²) in [5, 5.41) is 3.48. The molecule has 68 valence electrons. The van der Waals surface area contributed by atoms with Gasteiger partial charge in [-0.05, 0) is 25.2 Å². The average molecular weight is 169 g/mol. The Labute approximate surface area is 72.4 Å². The van der Waals surface area contributed by atoms with Crippen LogP contribution in [0.15, 0.2) is 0 Å². The van der Waals surface area contributed by atoms with Gasteiger partial charge in [-0.3, -0.25) is 5.32 Å². The quantitative estimate of drug-likeness (QED) is 0.583. The minimum Gasteiger partial charge on any atom is -0.335 e. The highest BCUT2D eigenvalue weighted by atomic mass is 16.8. The molecule has 2 heterocycles. The van der Waals surface area contributed by atoms with Gasteiger partial charge in [0.15, 0.2) is 0 Å². The fraction of sp³-hybridized carbons (Fsp3) is 1.00. The summed E-state index contributed by atoms with van der Waals surface area (Å²) in [6, 6.07) is 0.654. The SMILES string of the molecule is C1COC2(CC3CCC(C3)N2)O1. The fourth-order valence-electron chi connectivity index (χ4n) is 2.80. The number of hydrogen-bond donors (Lipinski definition) is 1. The van der Waals surface area contributed by atoms with Crippen molar-refractivity contribution in [2.24, 2.45) is 5.92 Å². The highest BCUT2D eigenvalue weighted by Gasteiger charge is 2.47. The van der Waals surface area contributed by atoms with E-state index in [0.717, 1.165) is 25.6 Å². The number of rotatable bonds is 0. The molecule has 3 rings (SSSR count). The molecule has 3 nitrogen and oxygen atoms in total. The monoisotopic (exact) mass is 169 g/mol. The van der Waals surface area contributed by atoms with Crippen LogP contribution >= 0.6 is 0 Å². The van der Waals surface area contributed by atoms with Crippen molar-refractivity contribution < 1.29 is 9.47 Å². The zero-order chi connectivity index (χ0) is 8.02. The molecule has 3 aliphatic rings.